The molecule has 0 heterocycles. The van der Waals surface area contributed by atoms with E-state index in [4.69, 9.17) is 0 Å². The molecule has 0 aliphatic carbocycles. The molecule has 3 heteroatoms. The summed E-state index contributed by atoms with van der Waals surface area (Å²) >= 11 is 0. The van der Waals surface area contributed by atoms with Gasteiger partial charge in [0, 0.05) is 6.42 Å². The summed E-state index contributed by atoms with van der Waals surface area (Å²) in [4.78, 5) is 21.9. The second-order valence-electron chi connectivity index (χ2n) is 3.45. The molecular formula is C12H14O3. The molecule has 1 aromatic carbocycles. The summed E-state index contributed by atoms with van der Waals surface area (Å²) in [5.74, 6) is -0.153. The first-order valence-corrected chi connectivity index (χ1v) is 4.76. The topological polar surface area (TPSA) is 43.4 Å². The van der Waals surface area contributed by atoms with Gasteiger partial charge in [0.25, 0.3) is 0 Å². The molecule has 0 aromatic heterocycles. The molecule has 0 saturated carbocycles. The number of carbonyl (C=O) groups is 2. The van der Waals surface area contributed by atoms with E-state index in [1.165, 1.54) is 7.11 Å². The van der Waals surface area contributed by atoms with Crippen LogP contribution in [0, 0.1) is 0 Å². The van der Waals surface area contributed by atoms with Gasteiger partial charge in [-0.15, -0.1) is 0 Å². The highest BCUT2D eigenvalue weighted by Gasteiger charge is 2.04. The second kappa shape index (κ2) is 5.29. The molecule has 80 valence electrons. The van der Waals surface area contributed by atoms with Gasteiger partial charge in [0.15, 0.2) is 0 Å². The average Bonchev–Trinajstić information content (AvgIpc) is 2.17. The molecule has 3 nitrogen and oxygen atoms in total. The van der Waals surface area contributed by atoms with Crippen molar-refractivity contribution < 1.29 is 14.3 Å². The molecular weight excluding hydrogens is 192 g/mol. The highest BCUT2D eigenvalue weighted by Crippen LogP contribution is 2.07. The molecule has 0 bridgehead atoms. The molecule has 0 aliphatic rings. The maximum absolute atomic E-state index is 11.0. The van der Waals surface area contributed by atoms with Gasteiger partial charge in [0.1, 0.15) is 5.78 Å². The van der Waals surface area contributed by atoms with Crippen LogP contribution >= 0.6 is 0 Å². The largest absolute Gasteiger partial charge is 0.469 e. The van der Waals surface area contributed by atoms with Gasteiger partial charge in [-0.3, -0.25) is 9.59 Å². The van der Waals surface area contributed by atoms with Gasteiger partial charge in [-0.1, -0.05) is 24.3 Å². The van der Waals surface area contributed by atoms with Gasteiger partial charge in [0.05, 0.1) is 13.5 Å². The van der Waals surface area contributed by atoms with Crippen molar-refractivity contribution in [1.29, 1.82) is 0 Å². The zero-order chi connectivity index (χ0) is 11.3. The van der Waals surface area contributed by atoms with Crippen LogP contribution in [0.4, 0.5) is 0 Å². The van der Waals surface area contributed by atoms with Crippen LogP contribution < -0.4 is 0 Å². The molecule has 0 unspecified atom stereocenters. The van der Waals surface area contributed by atoms with E-state index in [1.807, 2.05) is 24.3 Å². The first-order valence-electron chi connectivity index (χ1n) is 4.76. The lowest BCUT2D eigenvalue weighted by Crippen LogP contribution is -2.05. The lowest BCUT2D eigenvalue weighted by Gasteiger charge is -2.02. The van der Waals surface area contributed by atoms with E-state index in [-0.39, 0.29) is 18.2 Å². The third kappa shape index (κ3) is 3.94. The highest BCUT2D eigenvalue weighted by atomic mass is 16.5. The Labute approximate surface area is 89.1 Å². The van der Waals surface area contributed by atoms with Gasteiger partial charge in [-0.05, 0) is 18.1 Å². The zero-order valence-electron chi connectivity index (χ0n) is 8.95. The predicted octanol–water partition coefficient (Wildman–Crippen LogP) is 1.53. The van der Waals surface area contributed by atoms with Crippen molar-refractivity contribution in [1.82, 2.24) is 0 Å². The van der Waals surface area contributed by atoms with Crippen molar-refractivity contribution >= 4 is 11.8 Å². The SMILES string of the molecule is COC(=O)Cc1cccc(CC(C)=O)c1. The molecule has 15 heavy (non-hydrogen) atoms. The Morgan fingerprint density at radius 1 is 1.20 bits per heavy atom. The first-order chi connectivity index (χ1) is 7.11. The molecule has 1 rings (SSSR count). The van der Waals surface area contributed by atoms with Crippen LogP contribution in [0.15, 0.2) is 24.3 Å². The van der Waals surface area contributed by atoms with Gasteiger partial charge >= 0.3 is 5.97 Å². The molecule has 0 aliphatic heterocycles. The second-order valence-corrected chi connectivity index (χ2v) is 3.45. The van der Waals surface area contributed by atoms with Gasteiger partial charge in [-0.25, -0.2) is 0 Å². The van der Waals surface area contributed by atoms with Gasteiger partial charge in [0.2, 0.25) is 0 Å². The molecule has 0 fully saturated rings. The molecule has 0 amide bonds. The number of methoxy groups -OCH3 is 1. The predicted molar refractivity (Wildman–Crippen MR) is 56.5 cm³/mol. The van der Waals surface area contributed by atoms with Crippen LogP contribution in [0.5, 0.6) is 0 Å². The summed E-state index contributed by atoms with van der Waals surface area (Å²) in [6, 6.07) is 7.43. The summed E-state index contributed by atoms with van der Waals surface area (Å²) in [6.45, 7) is 1.55. The lowest BCUT2D eigenvalue weighted by atomic mass is 10.0. The zero-order valence-corrected chi connectivity index (χ0v) is 8.95. The maximum atomic E-state index is 11.0. The fourth-order valence-corrected chi connectivity index (χ4v) is 1.38. The van der Waals surface area contributed by atoms with Crippen LogP contribution in [-0.2, 0) is 27.2 Å². The van der Waals surface area contributed by atoms with Crippen LogP contribution in [0.1, 0.15) is 18.1 Å². The van der Waals surface area contributed by atoms with E-state index in [0.717, 1.165) is 11.1 Å². The fourth-order valence-electron chi connectivity index (χ4n) is 1.38. The van der Waals surface area contributed by atoms with Crippen LogP contribution in [0.25, 0.3) is 0 Å². The van der Waals surface area contributed by atoms with Crippen molar-refractivity contribution in [2.24, 2.45) is 0 Å². The number of Topliss-reactive ketones (excluding diaryl/α,β-unsaturated/α-hetero) is 1. The number of hydrogen-bond acceptors (Lipinski definition) is 3. The van der Waals surface area contributed by atoms with E-state index in [9.17, 15) is 9.59 Å². The number of carbonyl (C=O) groups excluding carboxylic acids is 2. The average molecular weight is 206 g/mol. The van der Waals surface area contributed by atoms with E-state index in [2.05, 4.69) is 4.74 Å². The smallest absolute Gasteiger partial charge is 0.309 e. The third-order valence-electron chi connectivity index (χ3n) is 2.02. The number of ketones is 1. The van der Waals surface area contributed by atoms with Crippen molar-refractivity contribution in [2.45, 2.75) is 19.8 Å². The molecule has 0 atom stereocenters. The van der Waals surface area contributed by atoms with Crippen molar-refractivity contribution in [3.8, 4) is 0 Å². The summed E-state index contributed by atoms with van der Waals surface area (Å²) in [5, 5.41) is 0. The Morgan fingerprint density at radius 3 is 2.33 bits per heavy atom. The standard InChI is InChI=1S/C12H14O3/c1-9(13)6-10-4-3-5-11(7-10)8-12(14)15-2/h3-5,7H,6,8H2,1-2H3. The Hall–Kier alpha value is -1.64. The Bertz CT molecular complexity index is 369. The van der Waals surface area contributed by atoms with Crippen molar-refractivity contribution in [2.75, 3.05) is 7.11 Å². The minimum atomic E-state index is -0.269. The summed E-state index contributed by atoms with van der Waals surface area (Å²) in [7, 11) is 1.36. The molecule has 0 saturated heterocycles. The van der Waals surface area contributed by atoms with E-state index >= 15 is 0 Å². The number of ether oxygens (including phenoxy) is 1. The van der Waals surface area contributed by atoms with Gasteiger partial charge < -0.3 is 4.74 Å². The minimum Gasteiger partial charge on any atom is -0.469 e. The monoisotopic (exact) mass is 206 g/mol. The maximum Gasteiger partial charge on any atom is 0.309 e. The van der Waals surface area contributed by atoms with Crippen molar-refractivity contribution in [3.63, 3.8) is 0 Å². The summed E-state index contributed by atoms with van der Waals surface area (Å²) in [5.41, 5.74) is 1.81. The highest BCUT2D eigenvalue weighted by molar-refractivity contribution is 5.78. The minimum absolute atomic E-state index is 0.116. The quantitative estimate of drug-likeness (QED) is 0.702. The first kappa shape index (κ1) is 11.4. The fraction of sp³-hybridized carbons (Fsp3) is 0.333. The van der Waals surface area contributed by atoms with E-state index < -0.39 is 0 Å². The van der Waals surface area contributed by atoms with E-state index in [0.29, 0.717) is 6.42 Å². The van der Waals surface area contributed by atoms with Crippen LogP contribution in [0.3, 0.4) is 0 Å². The third-order valence-corrected chi connectivity index (χ3v) is 2.02. The van der Waals surface area contributed by atoms with Crippen LogP contribution in [-0.4, -0.2) is 18.9 Å². The number of esters is 1. The summed E-state index contributed by atoms with van der Waals surface area (Å²) < 4.78 is 4.57. The summed E-state index contributed by atoms with van der Waals surface area (Å²) in [6.07, 6.45) is 0.664. The Morgan fingerprint density at radius 2 is 1.80 bits per heavy atom. The molecule has 0 spiro atoms. The number of rotatable bonds is 4. The molecule has 0 N–H and O–H groups in total. The van der Waals surface area contributed by atoms with E-state index in [1.54, 1.807) is 6.92 Å². The Kier molecular flexibility index (Phi) is 4.03. The van der Waals surface area contributed by atoms with Crippen molar-refractivity contribution in [3.05, 3.63) is 35.4 Å². The normalized spacial score (nSPS) is 9.73. The molecule has 1 aromatic rings. The van der Waals surface area contributed by atoms with Gasteiger partial charge in [-0.2, -0.15) is 0 Å². The number of benzene rings is 1. The Balaban J connectivity index is 2.74. The lowest BCUT2D eigenvalue weighted by molar-refractivity contribution is -0.139. The number of hydrogen-bond donors (Lipinski definition) is 0. The van der Waals surface area contributed by atoms with Crippen LogP contribution in [0.2, 0.25) is 0 Å². The molecule has 0 radical (unpaired) electrons.